The average Bonchev–Trinajstić information content (AvgIpc) is 3.29. The Balaban J connectivity index is 1.40. The summed E-state index contributed by atoms with van der Waals surface area (Å²) in [4.78, 5) is 14.4. The molecule has 0 aliphatic carbocycles. The molecule has 1 aromatic heterocycles. The van der Waals surface area contributed by atoms with Gasteiger partial charge in [0.1, 0.15) is 12.4 Å². The summed E-state index contributed by atoms with van der Waals surface area (Å²) in [6, 6.07) is 13.9. The number of rotatable bonds is 10. The number of fused-ring (bicyclic) bond motifs is 1. The van der Waals surface area contributed by atoms with E-state index in [9.17, 15) is 13.2 Å². The lowest BCUT2D eigenvalue weighted by Gasteiger charge is -2.26. The number of morpholine rings is 1. The van der Waals surface area contributed by atoms with Gasteiger partial charge in [0.05, 0.1) is 18.7 Å². The molecule has 1 aliphatic heterocycles. The first-order valence-electron chi connectivity index (χ1n) is 11.8. The second-order valence-corrected chi connectivity index (χ2v) is 11.6. The molecule has 2 N–H and O–H groups in total. The monoisotopic (exact) mass is 516 g/mol. The lowest BCUT2D eigenvalue weighted by atomic mass is 10.0. The zero-order valence-corrected chi connectivity index (χ0v) is 21.3. The first-order chi connectivity index (χ1) is 17.2. The van der Waals surface area contributed by atoms with Crippen LogP contribution < -0.4 is 10.2 Å². The predicted octanol–water partition coefficient (Wildman–Crippen LogP) is 2.11. The Morgan fingerprint density at radius 1 is 1.14 bits per heavy atom. The molecule has 1 fully saturated rings. The van der Waals surface area contributed by atoms with Crippen molar-refractivity contribution < 1.29 is 27.9 Å². The van der Waals surface area contributed by atoms with Crippen molar-refractivity contribution in [1.29, 1.82) is 0 Å². The highest BCUT2D eigenvalue weighted by atomic mass is 32.2. The summed E-state index contributed by atoms with van der Waals surface area (Å²) < 4.78 is 35.5. The number of carbonyl (C=O) groups is 1. The average molecular weight is 517 g/mol. The van der Waals surface area contributed by atoms with E-state index in [4.69, 9.17) is 14.7 Å². The van der Waals surface area contributed by atoms with Gasteiger partial charge in [-0.1, -0.05) is 18.2 Å². The third-order valence-corrected chi connectivity index (χ3v) is 8.76. The number of nitrogens with zero attached hydrogens (tertiary/aromatic N) is 3. The maximum Gasteiger partial charge on any atom is 0.264 e. The number of benzene rings is 2. The van der Waals surface area contributed by atoms with Crippen molar-refractivity contribution in [3.63, 3.8) is 0 Å². The van der Waals surface area contributed by atoms with Gasteiger partial charge in [-0.05, 0) is 48.7 Å². The van der Waals surface area contributed by atoms with Crippen LogP contribution in [0, 0.1) is 0 Å². The van der Waals surface area contributed by atoms with Gasteiger partial charge >= 0.3 is 0 Å². The fourth-order valence-corrected chi connectivity index (χ4v) is 4.99. The smallest absolute Gasteiger partial charge is 0.264 e. The SMILES string of the molecule is CC(CCn1cc2cc(-c3ccc(OCCN4CCOCC4)cc3)ccc2n1)(C(=O)NO)S(C)(=O)=O. The second-order valence-electron chi connectivity index (χ2n) is 9.19. The molecule has 1 aliphatic rings. The van der Waals surface area contributed by atoms with E-state index in [1.165, 1.54) is 12.4 Å². The molecule has 0 spiro atoms. The minimum absolute atomic E-state index is 0.0356. The van der Waals surface area contributed by atoms with Crippen LogP contribution in [0.3, 0.4) is 0 Å². The summed E-state index contributed by atoms with van der Waals surface area (Å²) in [5, 5.41) is 14.4. The number of amides is 1. The van der Waals surface area contributed by atoms with Gasteiger partial charge in [-0.3, -0.25) is 19.6 Å². The largest absolute Gasteiger partial charge is 0.492 e. The van der Waals surface area contributed by atoms with Gasteiger partial charge in [0.25, 0.3) is 5.91 Å². The van der Waals surface area contributed by atoms with Crippen molar-refractivity contribution in [3.8, 4) is 16.9 Å². The normalized spacial score (nSPS) is 16.5. The van der Waals surface area contributed by atoms with Crippen molar-refractivity contribution in [1.82, 2.24) is 20.2 Å². The Hall–Kier alpha value is -2.99. The third kappa shape index (κ3) is 5.86. The molecule has 0 bridgehead atoms. The van der Waals surface area contributed by atoms with Gasteiger partial charge in [-0.25, -0.2) is 13.9 Å². The van der Waals surface area contributed by atoms with E-state index in [2.05, 4.69) is 10.00 Å². The van der Waals surface area contributed by atoms with Crippen molar-refractivity contribution in [3.05, 3.63) is 48.7 Å². The molecule has 3 aromatic rings. The summed E-state index contributed by atoms with van der Waals surface area (Å²) in [7, 11) is -3.77. The lowest BCUT2D eigenvalue weighted by Crippen LogP contribution is -2.49. The van der Waals surface area contributed by atoms with Crippen LogP contribution in [0.1, 0.15) is 13.3 Å². The van der Waals surface area contributed by atoms with Crippen LogP contribution in [0.25, 0.3) is 22.0 Å². The van der Waals surface area contributed by atoms with Gasteiger partial charge in [-0.2, -0.15) is 5.10 Å². The standard InChI is InChI=1S/C25H32N4O6S/c1-25(24(30)27-31,36(2,32)33)9-10-29-18-21-17-20(5-8-23(21)26-29)19-3-6-22(7-4-19)35-16-13-28-11-14-34-15-12-28/h3-8,17-18,31H,9-16H2,1-2H3,(H,27,30). The molecule has 1 unspecified atom stereocenters. The third-order valence-electron chi connectivity index (χ3n) is 6.74. The zero-order valence-electron chi connectivity index (χ0n) is 20.5. The number of sulfone groups is 1. The molecular formula is C25H32N4O6S. The molecule has 36 heavy (non-hydrogen) atoms. The van der Waals surface area contributed by atoms with Crippen molar-refractivity contribution >= 4 is 26.6 Å². The number of nitrogens with one attached hydrogen (secondary N) is 1. The number of hydrogen-bond donors (Lipinski definition) is 2. The Morgan fingerprint density at radius 2 is 1.83 bits per heavy atom. The van der Waals surface area contributed by atoms with E-state index in [1.807, 2.05) is 48.7 Å². The maximum absolute atomic E-state index is 12.2. The van der Waals surface area contributed by atoms with Crippen LogP contribution in [0.4, 0.5) is 0 Å². The van der Waals surface area contributed by atoms with Crippen LogP contribution in [0.5, 0.6) is 5.75 Å². The summed E-state index contributed by atoms with van der Waals surface area (Å²) in [5.41, 5.74) is 4.28. The Morgan fingerprint density at radius 3 is 2.50 bits per heavy atom. The molecule has 1 saturated heterocycles. The van der Waals surface area contributed by atoms with Crippen LogP contribution in [-0.2, 0) is 25.9 Å². The van der Waals surface area contributed by atoms with Crippen molar-refractivity contribution in [2.75, 3.05) is 45.7 Å². The van der Waals surface area contributed by atoms with Crippen molar-refractivity contribution in [2.24, 2.45) is 0 Å². The van der Waals surface area contributed by atoms with Gasteiger partial charge in [0.15, 0.2) is 14.6 Å². The Kier molecular flexibility index (Phi) is 7.94. The van der Waals surface area contributed by atoms with Gasteiger partial charge in [0, 0.05) is 44.0 Å². The molecule has 194 valence electrons. The first kappa shape index (κ1) is 26.1. The quantitative estimate of drug-likeness (QED) is 0.310. The number of carbonyl (C=O) groups excluding carboxylic acids is 1. The molecule has 2 heterocycles. The highest BCUT2D eigenvalue weighted by molar-refractivity contribution is 7.92. The van der Waals surface area contributed by atoms with Crippen LogP contribution >= 0.6 is 0 Å². The van der Waals surface area contributed by atoms with Gasteiger partial charge in [0.2, 0.25) is 0 Å². The molecule has 10 nitrogen and oxygen atoms in total. The minimum atomic E-state index is -3.77. The predicted molar refractivity (Wildman–Crippen MR) is 136 cm³/mol. The fourth-order valence-electron chi connectivity index (χ4n) is 4.15. The van der Waals surface area contributed by atoms with E-state index < -0.39 is 20.5 Å². The summed E-state index contributed by atoms with van der Waals surface area (Å²) in [5.74, 6) is -0.140. The maximum atomic E-state index is 12.2. The molecule has 0 radical (unpaired) electrons. The van der Waals surface area contributed by atoms with Gasteiger partial charge in [-0.15, -0.1) is 0 Å². The summed E-state index contributed by atoms with van der Waals surface area (Å²) in [6.45, 7) is 6.43. The number of hydroxylamine groups is 1. The highest BCUT2D eigenvalue weighted by Gasteiger charge is 2.43. The van der Waals surface area contributed by atoms with Gasteiger partial charge < -0.3 is 9.47 Å². The highest BCUT2D eigenvalue weighted by Crippen LogP contribution is 2.27. The van der Waals surface area contributed by atoms with E-state index in [-0.39, 0.29) is 13.0 Å². The molecule has 1 atom stereocenters. The number of hydrogen-bond acceptors (Lipinski definition) is 8. The number of aromatic nitrogens is 2. The van der Waals surface area contributed by atoms with Crippen LogP contribution in [-0.4, -0.2) is 84.7 Å². The van der Waals surface area contributed by atoms with E-state index in [1.54, 1.807) is 4.68 Å². The minimum Gasteiger partial charge on any atom is -0.492 e. The summed E-state index contributed by atoms with van der Waals surface area (Å²) in [6.07, 6.45) is 2.77. The molecule has 0 saturated carbocycles. The van der Waals surface area contributed by atoms with Crippen molar-refractivity contribution in [2.45, 2.75) is 24.6 Å². The van der Waals surface area contributed by atoms with E-state index in [0.717, 1.165) is 66.9 Å². The lowest BCUT2D eigenvalue weighted by molar-refractivity contribution is -0.131. The zero-order chi connectivity index (χ0) is 25.8. The molecule has 1 amide bonds. The molecular weight excluding hydrogens is 484 g/mol. The van der Waals surface area contributed by atoms with Crippen LogP contribution in [0.2, 0.25) is 0 Å². The summed E-state index contributed by atoms with van der Waals surface area (Å²) >= 11 is 0. The number of aryl methyl sites for hydroxylation is 1. The van der Waals surface area contributed by atoms with E-state index >= 15 is 0 Å². The topological polar surface area (TPSA) is 123 Å². The fraction of sp³-hybridized carbons (Fsp3) is 0.440. The second kappa shape index (κ2) is 11.0. The Labute approximate surface area is 210 Å². The Bertz CT molecular complexity index is 1300. The molecule has 4 rings (SSSR count). The molecule has 11 heteroatoms. The number of ether oxygens (including phenoxy) is 2. The van der Waals surface area contributed by atoms with Crippen LogP contribution in [0.15, 0.2) is 48.7 Å². The first-order valence-corrected chi connectivity index (χ1v) is 13.7. The van der Waals surface area contributed by atoms with E-state index in [0.29, 0.717) is 6.61 Å². The molecule has 2 aromatic carbocycles.